The number of amides is 1. The van der Waals surface area contributed by atoms with Crippen molar-refractivity contribution < 1.29 is 24.6 Å². The second-order valence-electron chi connectivity index (χ2n) is 6.66. The number of ketones is 1. The van der Waals surface area contributed by atoms with Crippen molar-refractivity contribution in [2.75, 3.05) is 24.5 Å². The van der Waals surface area contributed by atoms with Gasteiger partial charge in [0.25, 0.3) is 0 Å². The lowest BCUT2D eigenvalue weighted by molar-refractivity contribution is -0.124. The fraction of sp³-hybridized carbons (Fsp3) is 0.500. The van der Waals surface area contributed by atoms with Gasteiger partial charge in [-0.15, -0.1) is 0 Å². The third kappa shape index (κ3) is 3.70. The number of nitrogens with zero attached hydrogens (tertiary/aromatic N) is 1. The number of piperidine rings is 1. The second kappa shape index (κ2) is 7.29. The molecule has 2 aliphatic heterocycles. The number of aldehydes is 1. The van der Waals surface area contributed by atoms with Crippen LogP contribution >= 0.6 is 0 Å². The fourth-order valence-electron chi connectivity index (χ4n) is 3.55. The van der Waals surface area contributed by atoms with Gasteiger partial charge in [0, 0.05) is 38.1 Å². The number of hydrogen-bond acceptors (Lipinski definition) is 4. The van der Waals surface area contributed by atoms with Crippen LogP contribution in [0, 0.1) is 17.6 Å². The van der Waals surface area contributed by atoms with E-state index < -0.39 is 23.5 Å². The molecule has 1 unspecified atom stereocenters. The summed E-state index contributed by atoms with van der Waals surface area (Å²) in [5, 5.41) is 2.42. The van der Waals surface area contributed by atoms with E-state index in [-0.39, 0.29) is 38.1 Å². The predicted molar refractivity (Wildman–Crippen MR) is 89.5 cm³/mol. The first-order chi connectivity index (χ1) is 12.0. The Morgan fingerprint density at radius 2 is 1.92 bits per heavy atom. The zero-order valence-corrected chi connectivity index (χ0v) is 13.8. The van der Waals surface area contributed by atoms with Gasteiger partial charge < -0.3 is 15.0 Å². The number of nitrogens with one attached hydrogen (secondary N) is 1. The number of rotatable bonds is 3. The first-order valence-electron chi connectivity index (χ1n) is 8.48. The Labute approximate surface area is 145 Å². The minimum absolute atomic E-state index is 0. The van der Waals surface area contributed by atoms with E-state index in [0.29, 0.717) is 18.8 Å². The molecule has 0 bridgehead atoms. The molecule has 1 amide bonds. The zero-order valence-electron chi connectivity index (χ0n) is 13.8. The van der Waals surface area contributed by atoms with Crippen LogP contribution in [0.1, 0.15) is 38.6 Å². The molecule has 1 aromatic rings. The van der Waals surface area contributed by atoms with E-state index >= 15 is 0 Å². The van der Waals surface area contributed by atoms with Crippen LogP contribution in [0.15, 0.2) is 12.1 Å². The summed E-state index contributed by atoms with van der Waals surface area (Å²) in [7, 11) is 0. The molecule has 1 aromatic carbocycles. The monoisotopic (exact) mass is 352 g/mol. The van der Waals surface area contributed by atoms with Gasteiger partial charge in [-0.25, -0.2) is 8.78 Å². The van der Waals surface area contributed by atoms with Crippen LogP contribution in [0.2, 0.25) is 0 Å². The predicted octanol–water partition coefficient (Wildman–Crippen LogP) is 2.19. The van der Waals surface area contributed by atoms with Gasteiger partial charge in [0.15, 0.2) is 5.78 Å². The Kier molecular flexibility index (Phi) is 5.11. The minimum Gasteiger partial charge on any atom is -0.371 e. The van der Waals surface area contributed by atoms with Crippen molar-refractivity contribution in [1.82, 2.24) is 5.32 Å². The summed E-state index contributed by atoms with van der Waals surface area (Å²) >= 11 is 0. The summed E-state index contributed by atoms with van der Waals surface area (Å²) in [6.07, 6.45) is 2.63. The van der Waals surface area contributed by atoms with Gasteiger partial charge in [0.05, 0.1) is 12.5 Å². The molecule has 1 N–H and O–H groups in total. The number of carbonyl (C=O) groups is 3. The molecular formula is C18H22F2N2O3. The molecule has 136 valence electrons. The van der Waals surface area contributed by atoms with Crippen LogP contribution in [-0.4, -0.2) is 37.6 Å². The Hall–Kier alpha value is -2.31. The number of carbonyl (C=O) groups excluding carboxylic acids is 3. The quantitative estimate of drug-likeness (QED) is 0.847. The second-order valence-corrected chi connectivity index (χ2v) is 6.66. The SMILES string of the molecule is O=C[C@H]1CCCN(c2cc(F)c(C3CCC(=O)CNC3=O)c(F)c2)C1.[HH]. The smallest absolute Gasteiger partial charge is 0.228 e. The normalized spacial score (nSPS) is 24.6. The molecule has 3 rings (SSSR count). The van der Waals surface area contributed by atoms with Gasteiger partial charge in [0.1, 0.15) is 17.9 Å². The van der Waals surface area contributed by atoms with Crippen LogP contribution in [-0.2, 0) is 14.4 Å². The van der Waals surface area contributed by atoms with Crippen molar-refractivity contribution in [2.24, 2.45) is 5.92 Å². The highest BCUT2D eigenvalue weighted by Gasteiger charge is 2.31. The van der Waals surface area contributed by atoms with Gasteiger partial charge >= 0.3 is 0 Å². The molecule has 0 radical (unpaired) electrons. The van der Waals surface area contributed by atoms with E-state index in [1.807, 2.05) is 0 Å². The maximum atomic E-state index is 14.6. The Balaban J connectivity index is 0.00000243. The van der Waals surface area contributed by atoms with Crippen LogP contribution in [0.5, 0.6) is 0 Å². The zero-order chi connectivity index (χ0) is 18.0. The van der Waals surface area contributed by atoms with Crippen LogP contribution in [0.3, 0.4) is 0 Å². The highest BCUT2D eigenvalue weighted by molar-refractivity contribution is 5.92. The number of benzene rings is 1. The van der Waals surface area contributed by atoms with E-state index in [0.717, 1.165) is 19.1 Å². The van der Waals surface area contributed by atoms with Gasteiger partial charge in [-0.05, 0) is 31.4 Å². The lowest BCUT2D eigenvalue weighted by atomic mass is 9.92. The maximum Gasteiger partial charge on any atom is 0.228 e. The lowest BCUT2D eigenvalue weighted by Crippen LogP contribution is -2.36. The van der Waals surface area contributed by atoms with Crippen molar-refractivity contribution in [3.05, 3.63) is 29.3 Å². The van der Waals surface area contributed by atoms with E-state index in [9.17, 15) is 23.2 Å². The summed E-state index contributed by atoms with van der Waals surface area (Å²) in [5.74, 6) is -3.42. The molecule has 2 heterocycles. The highest BCUT2D eigenvalue weighted by atomic mass is 19.1. The molecule has 0 saturated carbocycles. The van der Waals surface area contributed by atoms with Gasteiger partial charge in [-0.1, -0.05) is 0 Å². The minimum atomic E-state index is -1.01. The summed E-state index contributed by atoms with van der Waals surface area (Å²) in [5.41, 5.74) is 0.0790. The molecule has 0 spiro atoms. The van der Waals surface area contributed by atoms with E-state index in [2.05, 4.69) is 5.32 Å². The third-order valence-corrected chi connectivity index (χ3v) is 4.92. The third-order valence-electron chi connectivity index (χ3n) is 4.92. The van der Waals surface area contributed by atoms with Crippen molar-refractivity contribution in [3.8, 4) is 0 Å². The number of anilines is 1. The summed E-state index contributed by atoms with van der Waals surface area (Å²) < 4.78 is 29.3. The number of hydrogen-bond donors (Lipinski definition) is 1. The largest absolute Gasteiger partial charge is 0.371 e. The lowest BCUT2D eigenvalue weighted by Gasteiger charge is -2.32. The van der Waals surface area contributed by atoms with Gasteiger partial charge in [-0.2, -0.15) is 0 Å². The Morgan fingerprint density at radius 3 is 2.60 bits per heavy atom. The van der Waals surface area contributed by atoms with E-state index in [4.69, 9.17) is 0 Å². The molecule has 0 aromatic heterocycles. The molecule has 0 aliphatic carbocycles. The van der Waals surface area contributed by atoms with Crippen LogP contribution in [0.4, 0.5) is 14.5 Å². The summed E-state index contributed by atoms with van der Waals surface area (Å²) in [6.45, 7) is 0.957. The first-order valence-corrected chi connectivity index (χ1v) is 8.48. The summed E-state index contributed by atoms with van der Waals surface area (Å²) in [6, 6.07) is 2.43. The number of halogens is 2. The fourth-order valence-corrected chi connectivity index (χ4v) is 3.55. The summed E-state index contributed by atoms with van der Waals surface area (Å²) in [4.78, 5) is 36.3. The van der Waals surface area contributed by atoms with Gasteiger partial charge in [0.2, 0.25) is 5.91 Å². The van der Waals surface area contributed by atoms with Crippen molar-refractivity contribution in [3.63, 3.8) is 0 Å². The van der Waals surface area contributed by atoms with E-state index in [1.54, 1.807) is 4.90 Å². The molecule has 2 saturated heterocycles. The average molecular weight is 352 g/mol. The highest BCUT2D eigenvalue weighted by Crippen LogP contribution is 2.32. The van der Waals surface area contributed by atoms with Crippen molar-refractivity contribution in [1.29, 1.82) is 0 Å². The molecular weight excluding hydrogens is 330 g/mol. The van der Waals surface area contributed by atoms with Gasteiger partial charge in [-0.3, -0.25) is 9.59 Å². The standard InChI is InChI=1S/C18H20F2N2O3.H2/c19-15-6-12(22-5-1-2-11(9-22)10-23)7-16(20)17(15)14-4-3-13(24)8-21-18(14)25;/h6-7,10-11,14H,1-5,8-9H2,(H,21,25);1H/t11-,14?;/m0./s1. The topological polar surface area (TPSA) is 66.5 Å². The Bertz CT molecular complexity index is 691. The van der Waals surface area contributed by atoms with Crippen molar-refractivity contribution >= 4 is 23.7 Å². The molecule has 2 fully saturated rings. The molecule has 5 nitrogen and oxygen atoms in total. The number of Topliss-reactive ketones (excluding diaryl/α,β-unsaturated/α-hetero) is 1. The van der Waals surface area contributed by atoms with Crippen LogP contribution < -0.4 is 10.2 Å². The molecule has 2 atom stereocenters. The van der Waals surface area contributed by atoms with Crippen molar-refractivity contribution in [2.45, 2.75) is 31.6 Å². The molecule has 25 heavy (non-hydrogen) atoms. The van der Waals surface area contributed by atoms with Crippen LogP contribution in [0.25, 0.3) is 0 Å². The molecule has 7 heteroatoms. The average Bonchev–Trinajstić information content (AvgIpc) is 2.77. The first kappa shape index (κ1) is 17.5. The maximum absolute atomic E-state index is 14.6. The van der Waals surface area contributed by atoms with E-state index in [1.165, 1.54) is 12.1 Å². The molecule has 2 aliphatic rings. The Morgan fingerprint density at radius 1 is 1.20 bits per heavy atom.